The second-order valence-corrected chi connectivity index (χ2v) is 3.50. The minimum atomic E-state index is -0.755. The minimum Gasteiger partial charge on any atom is -0.393 e. The fourth-order valence-electron chi connectivity index (χ4n) is 1.44. The van der Waals surface area contributed by atoms with Gasteiger partial charge in [-0.3, -0.25) is 9.78 Å². The predicted molar refractivity (Wildman–Crippen MR) is 67.4 cm³/mol. The topological polar surface area (TPSA) is 118 Å². The summed E-state index contributed by atoms with van der Waals surface area (Å²) >= 11 is 0. The highest BCUT2D eigenvalue weighted by Crippen LogP contribution is 2.20. The monoisotopic (exact) mass is 245 g/mol. The molecule has 2 aromatic rings. The number of aromatic nitrogens is 2. The number of para-hydroxylation sites is 1. The zero-order chi connectivity index (χ0) is 13.1. The van der Waals surface area contributed by atoms with E-state index in [0.29, 0.717) is 5.69 Å². The lowest BCUT2D eigenvalue weighted by atomic mass is 10.3. The van der Waals surface area contributed by atoms with Gasteiger partial charge in [-0.25, -0.2) is 14.7 Å². The number of benzene rings is 1. The van der Waals surface area contributed by atoms with E-state index in [0.717, 1.165) is 4.90 Å². The van der Waals surface area contributed by atoms with Crippen molar-refractivity contribution >= 4 is 23.4 Å². The molecule has 0 bridgehead atoms. The lowest BCUT2D eigenvalue weighted by molar-refractivity contribution is 0.256. The fourth-order valence-corrected chi connectivity index (χ4v) is 1.44. The molecule has 0 atom stereocenters. The number of aromatic amines is 1. The molecule has 7 heteroatoms. The van der Waals surface area contributed by atoms with Crippen LogP contribution in [0.25, 0.3) is 0 Å². The Bertz CT molecular complexity index is 623. The molecule has 1 aromatic heterocycles. The van der Waals surface area contributed by atoms with Crippen molar-refractivity contribution in [1.82, 2.24) is 9.97 Å². The number of anilines is 3. The van der Waals surface area contributed by atoms with Gasteiger partial charge in [0.25, 0.3) is 5.56 Å². The van der Waals surface area contributed by atoms with Crippen molar-refractivity contribution in [2.75, 3.05) is 10.6 Å². The van der Waals surface area contributed by atoms with Gasteiger partial charge < -0.3 is 11.5 Å². The summed E-state index contributed by atoms with van der Waals surface area (Å²) < 4.78 is 0. The molecule has 0 radical (unpaired) electrons. The molecule has 2 amide bonds. The van der Waals surface area contributed by atoms with Crippen molar-refractivity contribution in [3.8, 4) is 0 Å². The van der Waals surface area contributed by atoms with Crippen molar-refractivity contribution in [3.63, 3.8) is 0 Å². The quantitative estimate of drug-likeness (QED) is 0.716. The van der Waals surface area contributed by atoms with Gasteiger partial charge in [0, 0.05) is 0 Å². The van der Waals surface area contributed by atoms with Gasteiger partial charge >= 0.3 is 6.03 Å². The second kappa shape index (κ2) is 4.58. The molecule has 1 aromatic carbocycles. The lowest BCUT2D eigenvalue weighted by Gasteiger charge is -2.18. The van der Waals surface area contributed by atoms with Crippen LogP contribution in [0, 0.1) is 0 Å². The van der Waals surface area contributed by atoms with Crippen LogP contribution in [-0.2, 0) is 0 Å². The van der Waals surface area contributed by atoms with Gasteiger partial charge in [-0.15, -0.1) is 0 Å². The molecule has 18 heavy (non-hydrogen) atoms. The number of carbonyl (C=O) groups excluding carboxylic acids is 1. The van der Waals surface area contributed by atoms with E-state index in [2.05, 4.69) is 9.97 Å². The van der Waals surface area contributed by atoms with Crippen molar-refractivity contribution in [2.24, 2.45) is 5.73 Å². The van der Waals surface area contributed by atoms with Gasteiger partial charge in [-0.1, -0.05) is 18.2 Å². The second-order valence-electron chi connectivity index (χ2n) is 3.50. The van der Waals surface area contributed by atoms with Crippen molar-refractivity contribution < 1.29 is 4.79 Å². The third-order valence-electron chi connectivity index (χ3n) is 2.26. The molecular formula is C11H11N5O2. The number of hydrogen-bond donors (Lipinski definition) is 3. The number of nitrogen functional groups attached to an aromatic ring is 1. The SMILES string of the molecule is NC(=O)N(c1ccccc1)c1ncc(N)c(=O)[nH]1. The molecule has 2 rings (SSSR count). The number of carbonyl (C=O) groups is 1. The maximum Gasteiger partial charge on any atom is 0.326 e. The van der Waals surface area contributed by atoms with E-state index in [1.165, 1.54) is 6.20 Å². The Hall–Kier alpha value is -2.83. The maximum absolute atomic E-state index is 11.5. The maximum atomic E-state index is 11.5. The average molecular weight is 245 g/mol. The van der Waals surface area contributed by atoms with Crippen molar-refractivity contribution in [3.05, 3.63) is 46.9 Å². The summed E-state index contributed by atoms with van der Waals surface area (Å²) in [5.41, 5.74) is 10.6. The van der Waals surface area contributed by atoms with Gasteiger partial charge in [0.05, 0.1) is 11.9 Å². The van der Waals surface area contributed by atoms with E-state index in [-0.39, 0.29) is 11.6 Å². The summed E-state index contributed by atoms with van der Waals surface area (Å²) in [5.74, 6) is 0.0212. The zero-order valence-corrected chi connectivity index (χ0v) is 9.33. The van der Waals surface area contributed by atoms with Crippen molar-refractivity contribution in [2.45, 2.75) is 0 Å². The Kier molecular flexibility index (Phi) is 2.96. The third-order valence-corrected chi connectivity index (χ3v) is 2.26. The highest BCUT2D eigenvalue weighted by atomic mass is 16.2. The van der Waals surface area contributed by atoms with E-state index in [1.54, 1.807) is 30.3 Å². The van der Waals surface area contributed by atoms with Gasteiger partial charge in [0.1, 0.15) is 5.69 Å². The van der Waals surface area contributed by atoms with Gasteiger partial charge in [-0.2, -0.15) is 0 Å². The van der Waals surface area contributed by atoms with Crippen LogP contribution in [0.3, 0.4) is 0 Å². The first kappa shape index (κ1) is 11.6. The summed E-state index contributed by atoms with van der Waals surface area (Å²) in [6.45, 7) is 0. The standard InChI is InChI=1S/C11H11N5O2/c12-8-6-14-11(15-9(8)17)16(10(13)18)7-4-2-1-3-5-7/h1-6H,12H2,(H2,13,18)(H,14,15,17). The molecule has 0 saturated heterocycles. The van der Waals surface area contributed by atoms with E-state index >= 15 is 0 Å². The Morgan fingerprint density at radius 3 is 2.50 bits per heavy atom. The minimum absolute atomic E-state index is 0.0212. The lowest BCUT2D eigenvalue weighted by Crippen LogP contribution is -2.34. The fraction of sp³-hybridized carbons (Fsp3) is 0. The van der Waals surface area contributed by atoms with Crippen LogP contribution >= 0.6 is 0 Å². The van der Waals surface area contributed by atoms with Crippen LogP contribution in [0.15, 0.2) is 41.3 Å². The molecule has 0 aliphatic heterocycles. The number of primary amides is 1. The summed E-state index contributed by atoms with van der Waals surface area (Å²) in [4.78, 5) is 30.2. The number of rotatable bonds is 2. The predicted octanol–water partition coefficient (Wildman–Crippen LogP) is 0.569. The Balaban J connectivity index is 2.52. The molecule has 0 spiro atoms. The Morgan fingerprint density at radius 1 is 1.28 bits per heavy atom. The highest BCUT2D eigenvalue weighted by molar-refractivity contribution is 5.96. The van der Waals surface area contributed by atoms with Crippen LogP contribution in [0.5, 0.6) is 0 Å². The first-order chi connectivity index (χ1) is 8.59. The molecule has 0 fully saturated rings. The number of nitrogens with two attached hydrogens (primary N) is 2. The summed E-state index contributed by atoms with van der Waals surface area (Å²) in [7, 11) is 0. The van der Waals surface area contributed by atoms with Gasteiger partial charge in [-0.05, 0) is 12.1 Å². The molecule has 0 saturated carbocycles. The first-order valence-electron chi connectivity index (χ1n) is 5.09. The van der Waals surface area contributed by atoms with E-state index in [4.69, 9.17) is 11.5 Å². The largest absolute Gasteiger partial charge is 0.393 e. The Morgan fingerprint density at radius 2 is 1.94 bits per heavy atom. The summed E-state index contributed by atoms with van der Waals surface area (Å²) in [6, 6.07) is 7.85. The smallest absolute Gasteiger partial charge is 0.326 e. The number of hydrogen-bond acceptors (Lipinski definition) is 4. The van der Waals surface area contributed by atoms with E-state index in [9.17, 15) is 9.59 Å². The average Bonchev–Trinajstić information content (AvgIpc) is 2.35. The number of nitrogens with zero attached hydrogens (tertiary/aromatic N) is 2. The number of H-pyrrole nitrogens is 1. The first-order valence-corrected chi connectivity index (χ1v) is 5.09. The summed E-state index contributed by atoms with van der Waals surface area (Å²) in [6.07, 6.45) is 1.17. The number of nitrogens with one attached hydrogen (secondary N) is 1. The van der Waals surface area contributed by atoms with E-state index in [1.807, 2.05) is 0 Å². The van der Waals surface area contributed by atoms with Crippen LogP contribution in [0.1, 0.15) is 0 Å². The highest BCUT2D eigenvalue weighted by Gasteiger charge is 2.17. The molecule has 92 valence electrons. The molecule has 0 aliphatic carbocycles. The van der Waals surface area contributed by atoms with Crippen LogP contribution in [-0.4, -0.2) is 16.0 Å². The number of amides is 2. The molecule has 1 heterocycles. The van der Waals surface area contributed by atoms with Crippen LogP contribution in [0.2, 0.25) is 0 Å². The third kappa shape index (κ3) is 2.14. The molecule has 0 aliphatic rings. The van der Waals surface area contributed by atoms with Crippen LogP contribution in [0.4, 0.5) is 22.1 Å². The Labute approximate surface area is 102 Å². The molecule has 5 N–H and O–H groups in total. The normalized spacial score (nSPS) is 10.0. The molecular weight excluding hydrogens is 234 g/mol. The van der Waals surface area contributed by atoms with Gasteiger partial charge in [0.2, 0.25) is 5.95 Å². The number of urea groups is 1. The molecule has 7 nitrogen and oxygen atoms in total. The van der Waals surface area contributed by atoms with Crippen molar-refractivity contribution in [1.29, 1.82) is 0 Å². The molecule has 0 unspecified atom stereocenters. The summed E-state index contributed by atoms with van der Waals surface area (Å²) in [5, 5.41) is 0. The zero-order valence-electron chi connectivity index (χ0n) is 9.33. The van der Waals surface area contributed by atoms with E-state index < -0.39 is 11.6 Å². The van der Waals surface area contributed by atoms with Crippen LogP contribution < -0.4 is 21.9 Å². The van der Waals surface area contributed by atoms with Gasteiger partial charge in [0.15, 0.2) is 0 Å².